The van der Waals surface area contributed by atoms with Gasteiger partial charge < -0.3 is 0 Å². The number of carbonyl (C=O) groups is 2. The highest BCUT2D eigenvalue weighted by Crippen LogP contribution is 2.20. The maximum atomic E-state index is 11.6. The first-order chi connectivity index (χ1) is 9.95. The van der Waals surface area contributed by atoms with Crippen LogP contribution in [0.4, 0.5) is 0 Å². The average Bonchev–Trinajstić information content (AvgIpc) is 2.78. The fourth-order valence-electron chi connectivity index (χ4n) is 2.24. The first kappa shape index (κ1) is 13.9. The number of nitrogens with zero attached hydrogens (tertiary/aromatic N) is 5. The molecule has 0 saturated carbocycles. The summed E-state index contributed by atoms with van der Waals surface area (Å²) in [5.74, 6) is -0.199. The predicted molar refractivity (Wildman–Crippen MR) is 74.3 cm³/mol. The lowest BCUT2D eigenvalue weighted by Gasteiger charge is -2.30. The maximum absolute atomic E-state index is 11.6. The molecule has 3 rings (SSSR count). The molecule has 1 saturated heterocycles. The SMILES string of the molecule is CC1C(=O)NC(=O)CN1Cc1nc(Cl)c2cnn(C)c2n1. The molecule has 9 heteroatoms. The number of hydrogen-bond acceptors (Lipinski definition) is 6. The Morgan fingerprint density at radius 1 is 1.43 bits per heavy atom. The minimum Gasteiger partial charge on any atom is -0.294 e. The predicted octanol–water partition coefficient (Wildman–Crippen LogP) is -0.136. The van der Waals surface area contributed by atoms with Gasteiger partial charge >= 0.3 is 0 Å². The van der Waals surface area contributed by atoms with E-state index in [4.69, 9.17) is 11.6 Å². The zero-order valence-electron chi connectivity index (χ0n) is 11.5. The molecule has 21 heavy (non-hydrogen) atoms. The maximum Gasteiger partial charge on any atom is 0.243 e. The summed E-state index contributed by atoms with van der Waals surface area (Å²) in [4.78, 5) is 33.4. The molecular weight excluding hydrogens is 296 g/mol. The van der Waals surface area contributed by atoms with Crippen LogP contribution >= 0.6 is 11.6 Å². The lowest BCUT2D eigenvalue weighted by molar-refractivity contribution is -0.139. The number of rotatable bonds is 2. The van der Waals surface area contributed by atoms with Gasteiger partial charge in [0.25, 0.3) is 0 Å². The lowest BCUT2D eigenvalue weighted by Crippen LogP contribution is -2.56. The van der Waals surface area contributed by atoms with Gasteiger partial charge in [-0.3, -0.25) is 24.5 Å². The first-order valence-corrected chi connectivity index (χ1v) is 6.75. The molecular formula is C12H13ClN6O2. The Balaban J connectivity index is 1.92. The van der Waals surface area contributed by atoms with Crippen LogP contribution in [0.1, 0.15) is 12.7 Å². The van der Waals surface area contributed by atoms with Gasteiger partial charge in [0.2, 0.25) is 11.8 Å². The number of halogens is 1. The second-order valence-electron chi connectivity index (χ2n) is 4.93. The summed E-state index contributed by atoms with van der Waals surface area (Å²) >= 11 is 6.12. The Kier molecular flexibility index (Phi) is 3.34. The fourth-order valence-corrected chi connectivity index (χ4v) is 2.47. The Morgan fingerprint density at radius 3 is 2.95 bits per heavy atom. The average molecular weight is 309 g/mol. The number of amides is 2. The highest BCUT2D eigenvalue weighted by Gasteiger charge is 2.30. The third-order valence-electron chi connectivity index (χ3n) is 3.47. The smallest absolute Gasteiger partial charge is 0.243 e. The molecule has 1 N–H and O–H groups in total. The summed E-state index contributed by atoms with van der Waals surface area (Å²) in [5, 5.41) is 7.35. The highest BCUT2D eigenvalue weighted by atomic mass is 35.5. The minimum atomic E-state index is -0.424. The van der Waals surface area contributed by atoms with Crippen LogP contribution < -0.4 is 5.32 Å². The molecule has 0 spiro atoms. The number of imide groups is 1. The highest BCUT2D eigenvalue weighted by molar-refractivity contribution is 6.33. The van der Waals surface area contributed by atoms with E-state index in [1.54, 1.807) is 29.7 Å². The molecule has 110 valence electrons. The number of fused-ring (bicyclic) bond motifs is 1. The summed E-state index contributed by atoms with van der Waals surface area (Å²) < 4.78 is 1.60. The van der Waals surface area contributed by atoms with Gasteiger partial charge in [-0.05, 0) is 6.92 Å². The number of piperazine rings is 1. The van der Waals surface area contributed by atoms with E-state index >= 15 is 0 Å². The van der Waals surface area contributed by atoms with Crippen molar-refractivity contribution < 1.29 is 9.59 Å². The molecule has 0 bridgehead atoms. The van der Waals surface area contributed by atoms with Gasteiger partial charge in [-0.1, -0.05) is 11.6 Å². The van der Waals surface area contributed by atoms with Crippen LogP contribution in [0.25, 0.3) is 11.0 Å². The van der Waals surface area contributed by atoms with Crippen LogP contribution in [-0.2, 0) is 23.2 Å². The van der Waals surface area contributed by atoms with Crippen LogP contribution in [0.2, 0.25) is 5.15 Å². The largest absolute Gasteiger partial charge is 0.294 e. The van der Waals surface area contributed by atoms with E-state index in [1.807, 2.05) is 0 Å². The van der Waals surface area contributed by atoms with Gasteiger partial charge in [0.15, 0.2) is 5.65 Å². The van der Waals surface area contributed by atoms with Gasteiger partial charge in [-0.15, -0.1) is 0 Å². The molecule has 1 aliphatic heterocycles. The van der Waals surface area contributed by atoms with Gasteiger partial charge in [-0.2, -0.15) is 5.10 Å². The molecule has 2 aromatic heterocycles. The number of aryl methyl sites for hydroxylation is 1. The van der Waals surface area contributed by atoms with Crippen molar-refractivity contribution in [3.8, 4) is 0 Å². The molecule has 0 aliphatic carbocycles. The molecule has 1 fully saturated rings. The van der Waals surface area contributed by atoms with Crippen molar-refractivity contribution in [3.63, 3.8) is 0 Å². The third kappa shape index (κ3) is 2.47. The number of nitrogens with one attached hydrogen (secondary N) is 1. The summed E-state index contributed by atoms with van der Waals surface area (Å²) in [5.41, 5.74) is 0.616. The normalized spacial score (nSPS) is 20.0. The van der Waals surface area contributed by atoms with Gasteiger partial charge in [0.05, 0.1) is 30.7 Å². The van der Waals surface area contributed by atoms with Crippen molar-refractivity contribution in [2.24, 2.45) is 7.05 Å². The summed E-state index contributed by atoms with van der Waals surface area (Å²) in [6.45, 7) is 2.12. The van der Waals surface area contributed by atoms with E-state index in [9.17, 15) is 9.59 Å². The Bertz CT molecular complexity index is 743. The Morgan fingerprint density at radius 2 is 2.19 bits per heavy atom. The van der Waals surface area contributed by atoms with E-state index in [0.717, 1.165) is 0 Å². The van der Waals surface area contributed by atoms with E-state index in [-0.39, 0.29) is 24.9 Å². The Hall–Kier alpha value is -2.06. The van der Waals surface area contributed by atoms with Gasteiger partial charge in [-0.25, -0.2) is 9.97 Å². The van der Waals surface area contributed by atoms with Crippen LogP contribution in [0, 0.1) is 0 Å². The molecule has 3 heterocycles. The van der Waals surface area contributed by atoms with Crippen LogP contribution in [-0.4, -0.2) is 49.0 Å². The van der Waals surface area contributed by atoms with Crippen LogP contribution in [0.3, 0.4) is 0 Å². The molecule has 1 atom stereocenters. The van der Waals surface area contributed by atoms with Crippen LogP contribution in [0.5, 0.6) is 0 Å². The van der Waals surface area contributed by atoms with E-state index in [1.165, 1.54) is 0 Å². The van der Waals surface area contributed by atoms with Crippen molar-refractivity contribution in [2.75, 3.05) is 6.54 Å². The quantitative estimate of drug-likeness (QED) is 0.613. The van der Waals surface area contributed by atoms with Crippen molar-refractivity contribution in [1.82, 2.24) is 30.0 Å². The third-order valence-corrected chi connectivity index (χ3v) is 3.76. The second kappa shape index (κ2) is 5.05. The molecule has 8 nitrogen and oxygen atoms in total. The van der Waals surface area contributed by atoms with Crippen molar-refractivity contribution in [2.45, 2.75) is 19.5 Å². The van der Waals surface area contributed by atoms with Crippen molar-refractivity contribution in [3.05, 3.63) is 17.2 Å². The first-order valence-electron chi connectivity index (χ1n) is 6.37. The number of hydrogen-bond donors (Lipinski definition) is 1. The second-order valence-corrected chi connectivity index (χ2v) is 5.29. The number of aromatic nitrogens is 4. The molecule has 1 aliphatic rings. The van der Waals surface area contributed by atoms with E-state index in [2.05, 4.69) is 20.4 Å². The summed E-state index contributed by atoms with van der Waals surface area (Å²) in [7, 11) is 1.76. The molecule has 0 radical (unpaired) electrons. The topological polar surface area (TPSA) is 93.0 Å². The number of carbonyl (C=O) groups excluding carboxylic acids is 2. The molecule has 0 aromatic carbocycles. The fraction of sp³-hybridized carbons (Fsp3) is 0.417. The van der Waals surface area contributed by atoms with Crippen molar-refractivity contribution in [1.29, 1.82) is 0 Å². The van der Waals surface area contributed by atoms with E-state index < -0.39 is 6.04 Å². The monoisotopic (exact) mass is 308 g/mol. The van der Waals surface area contributed by atoms with Gasteiger partial charge in [0, 0.05) is 7.05 Å². The van der Waals surface area contributed by atoms with Gasteiger partial charge in [0.1, 0.15) is 11.0 Å². The Labute approximate surface area is 125 Å². The molecule has 1 unspecified atom stereocenters. The zero-order valence-corrected chi connectivity index (χ0v) is 12.3. The molecule has 2 aromatic rings. The lowest BCUT2D eigenvalue weighted by atomic mass is 10.2. The van der Waals surface area contributed by atoms with Crippen LogP contribution in [0.15, 0.2) is 6.20 Å². The summed E-state index contributed by atoms with van der Waals surface area (Å²) in [6, 6.07) is -0.424. The minimum absolute atomic E-state index is 0.122. The molecule has 2 amide bonds. The summed E-state index contributed by atoms with van der Waals surface area (Å²) in [6.07, 6.45) is 1.60. The van der Waals surface area contributed by atoms with E-state index in [0.29, 0.717) is 22.0 Å². The van der Waals surface area contributed by atoms with Crippen molar-refractivity contribution >= 4 is 34.4 Å². The standard InChI is InChI=1S/C12H13ClN6O2/c1-6-12(21)17-9(20)5-19(6)4-8-15-10(13)7-3-14-18(2)11(7)16-8/h3,6H,4-5H2,1-2H3,(H,17,20,21). The zero-order chi connectivity index (χ0) is 15.1.